The number of carbonyl (C=O) groups excluding carboxylic acids is 1. The zero-order valence-corrected chi connectivity index (χ0v) is 20.4. The minimum Gasteiger partial charge on any atom is -0.490 e. The largest absolute Gasteiger partial charge is 0.490 e. The molecule has 1 aromatic rings. The highest BCUT2D eigenvalue weighted by molar-refractivity contribution is 14.0. The summed E-state index contributed by atoms with van der Waals surface area (Å²) in [6.07, 6.45) is 1.90. The number of esters is 1. The first-order valence-electron chi connectivity index (χ1n) is 10.2. The number of hydrogen-bond acceptors (Lipinski definition) is 5. The van der Waals surface area contributed by atoms with Gasteiger partial charge in [-0.1, -0.05) is 6.07 Å². The second-order valence-corrected chi connectivity index (χ2v) is 5.99. The molecule has 0 bridgehead atoms. The van der Waals surface area contributed by atoms with E-state index in [9.17, 15) is 4.79 Å². The van der Waals surface area contributed by atoms with Crippen LogP contribution in [0.15, 0.2) is 23.2 Å². The Morgan fingerprint density at radius 2 is 1.72 bits per heavy atom. The van der Waals surface area contributed by atoms with Gasteiger partial charge in [-0.15, -0.1) is 24.0 Å². The van der Waals surface area contributed by atoms with Crippen LogP contribution in [-0.2, 0) is 16.0 Å². The summed E-state index contributed by atoms with van der Waals surface area (Å²) in [4.78, 5) is 15.9. The lowest BCUT2D eigenvalue weighted by molar-refractivity contribution is -0.143. The maximum absolute atomic E-state index is 11.4. The molecule has 8 heteroatoms. The summed E-state index contributed by atoms with van der Waals surface area (Å²) in [5.41, 5.74) is 1.16. The number of benzene rings is 1. The minimum absolute atomic E-state index is 0. The summed E-state index contributed by atoms with van der Waals surface area (Å²) in [7, 11) is 0. The summed E-state index contributed by atoms with van der Waals surface area (Å²) >= 11 is 0. The van der Waals surface area contributed by atoms with Crippen LogP contribution in [0, 0.1) is 0 Å². The summed E-state index contributed by atoms with van der Waals surface area (Å²) in [5, 5.41) is 6.54. The van der Waals surface area contributed by atoms with Crippen molar-refractivity contribution < 1.29 is 19.0 Å². The van der Waals surface area contributed by atoms with Crippen molar-refractivity contribution in [3.63, 3.8) is 0 Å². The van der Waals surface area contributed by atoms with Crippen LogP contribution < -0.4 is 20.1 Å². The number of aliphatic imine (C=N–C) groups is 1. The van der Waals surface area contributed by atoms with Gasteiger partial charge in [0.05, 0.1) is 19.8 Å². The fourth-order valence-electron chi connectivity index (χ4n) is 2.57. The van der Waals surface area contributed by atoms with Crippen molar-refractivity contribution in [2.45, 2.75) is 47.0 Å². The van der Waals surface area contributed by atoms with E-state index in [-0.39, 0.29) is 29.9 Å². The van der Waals surface area contributed by atoms with Crippen LogP contribution in [0.25, 0.3) is 0 Å². The molecule has 0 aliphatic rings. The molecule has 0 aliphatic carbocycles. The molecule has 0 spiro atoms. The Bertz CT molecular complexity index is 612. The molecular formula is C21H36IN3O4. The van der Waals surface area contributed by atoms with Crippen molar-refractivity contribution in [2.75, 3.05) is 39.5 Å². The van der Waals surface area contributed by atoms with Crippen molar-refractivity contribution in [1.82, 2.24) is 10.6 Å². The van der Waals surface area contributed by atoms with Gasteiger partial charge in [-0.3, -0.25) is 9.79 Å². The third kappa shape index (κ3) is 11.8. The molecule has 1 rings (SSSR count). The van der Waals surface area contributed by atoms with Crippen molar-refractivity contribution in [1.29, 1.82) is 0 Å². The van der Waals surface area contributed by atoms with Crippen molar-refractivity contribution >= 4 is 35.9 Å². The van der Waals surface area contributed by atoms with E-state index in [4.69, 9.17) is 14.2 Å². The van der Waals surface area contributed by atoms with E-state index < -0.39 is 0 Å². The molecule has 0 aromatic heterocycles. The van der Waals surface area contributed by atoms with Crippen LogP contribution >= 0.6 is 24.0 Å². The maximum atomic E-state index is 11.4. The smallest absolute Gasteiger partial charge is 0.305 e. The predicted octanol–water partition coefficient (Wildman–Crippen LogP) is 3.54. The Labute approximate surface area is 192 Å². The summed E-state index contributed by atoms with van der Waals surface area (Å²) in [6, 6.07) is 6.04. The lowest BCUT2D eigenvalue weighted by atomic mass is 10.1. The minimum atomic E-state index is -0.170. The number of guanidine groups is 1. The molecule has 0 aliphatic heterocycles. The van der Waals surface area contributed by atoms with E-state index in [1.165, 1.54) is 0 Å². The van der Waals surface area contributed by atoms with E-state index >= 15 is 0 Å². The molecule has 7 nitrogen and oxygen atoms in total. The second kappa shape index (κ2) is 17.2. The molecular weight excluding hydrogens is 485 g/mol. The number of ether oxygens (including phenoxy) is 3. The number of halogens is 1. The molecule has 2 N–H and O–H groups in total. The first-order chi connectivity index (χ1) is 13.6. The lowest BCUT2D eigenvalue weighted by Crippen LogP contribution is -2.38. The van der Waals surface area contributed by atoms with E-state index in [0.717, 1.165) is 42.5 Å². The van der Waals surface area contributed by atoms with Crippen LogP contribution in [0.1, 0.15) is 46.1 Å². The average molecular weight is 521 g/mol. The van der Waals surface area contributed by atoms with E-state index in [1.54, 1.807) is 0 Å². The highest BCUT2D eigenvalue weighted by Crippen LogP contribution is 2.28. The lowest BCUT2D eigenvalue weighted by Gasteiger charge is -2.14. The summed E-state index contributed by atoms with van der Waals surface area (Å²) in [5.74, 6) is 2.14. The zero-order chi connectivity index (χ0) is 20.6. The maximum Gasteiger partial charge on any atom is 0.305 e. The number of rotatable bonds is 13. The molecule has 0 heterocycles. The fourth-order valence-corrected chi connectivity index (χ4v) is 2.57. The quantitative estimate of drug-likeness (QED) is 0.136. The number of carbonyl (C=O) groups is 1. The standard InChI is InChI=1S/C21H35N3O4.HI/c1-5-22-21(23-14-9-10-20(25)28-8-4)24-15-13-17-11-12-18(26-6-2)19(16-17)27-7-3;/h11-12,16H,5-10,13-15H2,1-4H3,(H2,22,23,24);1H. The number of nitrogens with one attached hydrogen (secondary N) is 2. The fraction of sp³-hybridized carbons (Fsp3) is 0.619. The molecule has 0 amide bonds. The Morgan fingerprint density at radius 3 is 2.38 bits per heavy atom. The van der Waals surface area contributed by atoms with Gasteiger partial charge >= 0.3 is 5.97 Å². The number of nitrogens with zero attached hydrogens (tertiary/aromatic N) is 1. The van der Waals surface area contributed by atoms with Gasteiger partial charge in [-0.2, -0.15) is 0 Å². The summed E-state index contributed by atoms with van der Waals surface area (Å²) in [6.45, 7) is 11.5. The van der Waals surface area contributed by atoms with E-state index in [0.29, 0.717) is 39.2 Å². The normalized spacial score (nSPS) is 10.7. The number of hydrogen-bond donors (Lipinski definition) is 2. The van der Waals surface area contributed by atoms with Gasteiger partial charge < -0.3 is 24.8 Å². The predicted molar refractivity (Wildman–Crippen MR) is 128 cm³/mol. The van der Waals surface area contributed by atoms with Gasteiger partial charge in [0.15, 0.2) is 17.5 Å². The average Bonchev–Trinajstić information content (AvgIpc) is 2.67. The van der Waals surface area contributed by atoms with Gasteiger partial charge in [0.25, 0.3) is 0 Å². The highest BCUT2D eigenvalue weighted by Gasteiger charge is 2.07. The van der Waals surface area contributed by atoms with Crippen molar-refractivity contribution in [2.24, 2.45) is 4.99 Å². The molecule has 1 aromatic carbocycles. The first-order valence-corrected chi connectivity index (χ1v) is 10.2. The first kappa shape index (κ1) is 27.3. The van der Waals surface area contributed by atoms with Crippen LogP contribution in [-0.4, -0.2) is 51.4 Å². The third-order valence-corrected chi connectivity index (χ3v) is 3.77. The Balaban J connectivity index is 0.00000784. The van der Waals surface area contributed by atoms with Gasteiger partial charge in [0, 0.05) is 26.1 Å². The second-order valence-electron chi connectivity index (χ2n) is 5.99. The molecule has 0 saturated heterocycles. The van der Waals surface area contributed by atoms with Gasteiger partial charge in [-0.05, 0) is 58.2 Å². The topological polar surface area (TPSA) is 81.2 Å². The van der Waals surface area contributed by atoms with Gasteiger partial charge in [0.1, 0.15) is 0 Å². The van der Waals surface area contributed by atoms with Crippen molar-refractivity contribution in [3.05, 3.63) is 23.8 Å². The third-order valence-electron chi connectivity index (χ3n) is 3.77. The van der Waals surface area contributed by atoms with Crippen LogP contribution in [0.3, 0.4) is 0 Å². The zero-order valence-electron chi connectivity index (χ0n) is 18.1. The van der Waals surface area contributed by atoms with Gasteiger partial charge in [-0.25, -0.2) is 0 Å². The summed E-state index contributed by atoms with van der Waals surface area (Å²) < 4.78 is 16.2. The van der Waals surface area contributed by atoms with Crippen molar-refractivity contribution in [3.8, 4) is 11.5 Å². The Kier molecular flexibility index (Phi) is 16.2. The van der Waals surface area contributed by atoms with Crippen LogP contribution in [0.5, 0.6) is 11.5 Å². The molecule has 0 atom stereocenters. The SMILES string of the molecule is CCNC(=NCCCC(=O)OCC)NCCc1ccc(OCC)c(OCC)c1.I. The molecule has 29 heavy (non-hydrogen) atoms. The molecule has 0 unspecified atom stereocenters. The Hall–Kier alpha value is -1.71. The monoisotopic (exact) mass is 521 g/mol. The van der Waals surface area contributed by atoms with Crippen LogP contribution in [0.2, 0.25) is 0 Å². The van der Waals surface area contributed by atoms with E-state index in [2.05, 4.69) is 21.7 Å². The molecule has 166 valence electrons. The molecule has 0 saturated carbocycles. The van der Waals surface area contributed by atoms with Crippen LogP contribution in [0.4, 0.5) is 0 Å². The molecule has 0 radical (unpaired) electrons. The molecule has 0 fully saturated rings. The van der Waals surface area contributed by atoms with Gasteiger partial charge in [0.2, 0.25) is 0 Å². The Morgan fingerprint density at radius 1 is 1.00 bits per heavy atom. The highest BCUT2D eigenvalue weighted by atomic mass is 127. The van der Waals surface area contributed by atoms with E-state index in [1.807, 2.05) is 39.8 Å².